The van der Waals surface area contributed by atoms with E-state index in [2.05, 4.69) is 37.0 Å². The van der Waals surface area contributed by atoms with Crippen molar-refractivity contribution in [3.63, 3.8) is 0 Å². The Kier molecular flexibility index (Phi) is 5.31. The summed E-state index contributed by atoms with van der Waals surface area (Å²) in [6, 6.07) is 4.10. The van der Waals surface area contributed by atoms with Crippen LogP contribution in [0.4, 0.5) is 4.39 Å². The van der Waals surface area contributed by atoms with Crippen LogP contribution in [-0.2, 0) is 11.3 Å². The van der Waals surface area contributed by atoms with Crippen molar-refractivity contribution in [1.82, 2.24) is 9.78 Å². The number of rotatable bonds is 5. The Morgan fingerprint density at radius 1 is 1.45 bits per heavy atom. The molecule has 108 valence electrons. The Hall–Kier alpha value is -0.760. The molecule has 2 aromatic rings. The maximum Gasteiger partial charge on any atom is 0.128 e. The Morgan fingerprint density at radius 2 is 2.20 bits per heavy atom. The number of nitrogens with zero attached hydrogens (tertiary/aromatic N) is 2. The predicted octanol–water partition coefficient (Wildman–Crippen LogP) is 3.24. The number of nitrogens with two attached hydrogens (primary N) is 1. The number of hydrogen-bond donors (Lipinski definition) is 1. The summed E-state index contributed by atoms with van der Waals surface area (Å²) in [5.41, 5.74) is 7.35. The molecule has 2 rings (SSSR count). The van der Waals surface area contributed by atoms with Gasteiger partial charge in [-0.3, -0.25) is 4.68 Å². The first kappa shape index (κ1) is 15.6. The molecule has 20 heavy (non-hydrogen) atoms. The molecule has 4 nitrogen and oxygen atoms in total. The van der Waals surface area contributed by atoms with E-state index in [0.29, 0.717) is 18.7 Å². The zero-order valence-corrected chi connectivity index (χ0v) is 14.0. The maximum atomic E-state index is 14.0. The van der Waals surface area contributed by atoms with Crippen LogP contribution in [0.2, 0.25) is 0 Å². The number of halogens is 3. The Bertz CT molecular complexity index is 603. The molecule has 0 radical (unpaired) electrons. The quantitative estimate of drug-likeness (QED) is 0.829. The van der Waals surface area contributed by atoms with E-state index in [0.717, 1.165) is 14.6 Å². The standard InChI is InChI=1S/C13H14Br2FN3O/c1-20-5-4-19-13(10(15)7-18-19)12(17)9-6-8(14)2-3-11(9)16/h2-3,6-7,12H,4-5,17H2,1H3. The molecule has 0 aliphatic carbocycles. The van der Waals surface area contributed by atoms with Crippen LogP contribution in [0.1, 0.15) is 17.3 Å². The van der Waals surface area contributed by atoms with Gasteiger partial charge in [-0.1, -0.05) is 15.9 Å². The second-order valence-corrected chi connectivity index (χ2v) is 6.01. The van der Waals surface area contributed by atoms with Crippen LogP contribution in [-0.4, -0.2) is 23.5 Å². The molecule has 0 saturated carbocycles. The first-order chi connectivity index (χ1) is 9.54. The summed E-state index contributed by atoms with van der Waals surface area (Å²) < 4.78 is 22.2. The third-order valence-corrected chi connectivity index (χ3v) is 4.03. The van der Waals surface area contributed by atoms with Crippen molar-refractivity contribution < 1.29 is 9.13 Å². The molecule has 0 bridgehead atoms. The minimum absolute atomic E-state index is 0.341. The van der Waals surface area contributed by atoms with Gasteiger partial charge in [0.25, 0.3) is 0 Å². The van der Waals surface area contributed by atoms with Crippen molar-refractivity contribution in [2.75, 3.05) is 13.7 Å². The molecule has 2 N–H and O–H groups in total. The summed E-state index contributed by atoms with van der Waals surface area (Å²) in [6.07, 6.45) is 1.65. The number of methoxy groups -OCH3 is 1. The van der Waals surface area contributed by atoms with Crippen molar-refractivity contribution in [3.05, 3.63) is 50.4 Å². The van der Waals surface area contributed by atoms with Gasteiger partial charge in [0.1, 0.15) is 5.82 Å². The van der Waals surface area contributed by atoms with Gasteiger partial charge in [0.2, 0.25) is 0 Å². The highest BCUT2D eigenvalue weighted by molar-refractivity contribution is 9.10. The smallest absolute Gasteiger partial charge is 0.128 e. The van der Waals surface area contributed by atoms with Gasteiger partial charge in [-0.15, -0.1) is 0 Å². The normalized spacial score (nSPS) is 12.7. The first-order valence-electron chi connectivity index (χ1n) is 5.95. The second-order valence-electron chi connectivity index (χ2n) is 4.24. The molecule has 1 unspecified atom stereocenters. The maximum absolute atomic E-state index is 14.0. The fourth-order valence-corrected chi connectivity index (χ4v) is 2.86. The van der Waals surface area contributed by atoms with E-state index in [9.17, 15) is 4.39 Å². The van der Waals surface area contributed by atoms with Crippen molar-refractivity contribution in [2.45, 2.75) is 12.6 Å². The van der Waals surface area contributed by atoms with Crippen LogP contribution >= 0.6 is 31.9 Å². The molecule has 1 atom stereocenters. The molecule has 0 aliphatic heterocycles. The van der Waals surface area contributed by atoms with E-state index in [1.165, 1.54) is 6.07 Å². The van der Waals surface area contributed by atoms with Crippen LogP contribution in [0, 0.1) is 5.82 Å². The average Bonchev–Trinajstić information content (AvgIpc) is 2.79. The zero-order chi connectivity index (χ0) is 14.7. The molecule has 7 heteroatoms. The summed E-state index contributed by atoms with van der Waals surface area (Å²) in [7, 11) is 1.62. The van der Waals surface area contributed by atoms with Gasteiger partial charge >= 0.3 is 0 Å². The summed E-state index contributed by atoms with van der Waals surface area (Å²) in [5, 5.41) is 4.23. The van der Waals surface area contributed by atoms with Gasteiger partial charge in [-0.25, -0.2) is 4.39 Å². The van der Waals surface area contributed by atoms with Crippen LogP contribution in [0.3, 0.4) is 0 Å². The molecule has 0 aliphatic rings. The van der Waals surface area contributed by atoms with E-state index in [1.54, 1.807) is 30.1 Å². The van der Waals surface area contributed by atoms with Gasteiger partial charge in [-0.05, 0) is 34.1 Å². The van der Waals surface area contributed by atoms with Crippen LogP contribution in [0.15, 0.2) is 33.3 Å². The van der Waals surface area contributed by atoms with E-state index in [1.807, 2.05) is 0 Å². The third kappa shape index (κ3) is 3.28. The largest absolute Gasteiger partial charge is 0.383 e. The Morgan fingerprint density at radius 3 is 2.90 bits per heavy atom. The van der Waals surface area contributed by atoms with Gasteiger partial charge in [0, 0.05) is 17.1 Å². The molecular formula is C13H14Br2FN3O. The van der Waals surface area contributed by atoms with Crippen molar-refractivity contribution in [1.29, 1.82) is 0 Å². The SMILES string of the molecule is COCCn1ncc(Br)c1C(N)c1cc(Br)ccc1F. The lowest BCUT2D eigenvalue weighted by atomic mass is 10.0. The van der Waals surface area contributed by atoms with Crippen molar-refractivity contribution in [3.8, 4) is 0 Å². The lowest BCUT2D eigenvalue weighted by Crippen LogP contribution is -2.20. The van der Waals surface area contributed by atoms with Gasteiger partial charge in [0.05, 0.1) is 35.6 Å². The van der Waals surface area contributed by atoms with E-state index >= 15 is 0 Å². The molecule has 0 saturated heterocycles. The lowest BCUT2D eigenvalue weighted by molar-refractivity contribution is 0.182. The third-order valence-electron chi connectivity index (χ3n) is 2.93. The molecule has 1 aromatic carbocycles. The number of ether oxygens (including phenoxy) is 1. The number of hydrogen-bond acceptors (Lipinski definition) is 3. The molecular weight excluding hydrogens is 393 g/mol. The predicted molar refractivity (Wildman–Crippen MR) is 81.9 cm³/mol. The highest BCUT2D eigenvalue weighted by Crippen LogP contribution is 2.29. The molecule has 0 spiro atoms. The number of benzene rings is 1. The fraction of sp³-hybridized carbons (Fsp3) is 0.308. The van der Waals surface area contributed by atoms with Crippen molar-refractivity contribution in [2.24, 2.45) is 5.73 Å². The summed E-state index contributed by atoms with van der Waals surface area (Å²) in [6.45, 7) is 1.07. The molecule has 1 heterocycles. The lowest BCUT2D eigenvalue weighted by Gasteiger charge is -2.16. The number of aromatic nitrogens is 2. The first-order valence-corrected chi connectivity index (χ1v) is 7.54. The van der Waals surface area contributed by atoms with E-state index in [4.69, 9.17) is 10.5 Å². The van der Waals surface area contributed by atoms with E-state index < -0.39 is 6.04 Å². The van der Waals surface area contributed by atoms with Gasteiger partial charge < -0.3 is 10.5 Å². The van der Waals surface area contributed by atoms with Crippen molar-refractivity contribution >= 4 is 31.9 Å². The van der Waals surface area contributed by atoms with Gasteiger partial charge in [0.15, 0.2) is 0 Å². The molecule has 1 aromatic heterocycles. The highest BCUT2D eigenvalue weighted by Gasteiger charge is 2.21. The topological polar surface area (TPSA) is 53.1 Å². The van der Waals surface area contributed by atoms with Crippen LogP contribution in [0.25, 0.3) is 0 Å². The summed E-state index contributed by atoms with van der Waals surface area (Å²) >= 11 is 6.74. The minimum Gasteiger partial charge on any atom is -0.383 e. The molecule has 0 fully saturated rings. The van der Waals surface area contributed by atoms with Crippen LogP contribution in [0.5, 0.6) is 0 Å². The summed E-state index contributed by atoms with van der Waals surface area (Å²) in [5.74, 6) is -0.341. The highest BCUT2D eigenvalue weighted by atomic mass is 79.9. The second kappa shape index (κ2) is 6.80. The van der Waals surface area contributed by atoms with E-state index in [-0.39, 0.29) is 5.82 Å². The Balaban J connectivity index is 2.39. The average molecular weight is 407 g/mol. The zero-order valence-electron chi connectivity index (χ0n) is 10.8. The summed E-state index contributed by atoms with van der Waals surface area (Å²) in [4.78, 5) is 0. The Labute approximate surface area is 133 Å². The fourth-order valence-electron chi connectivity index (χ4n) is 1.94. The van der Waals surface area contributed by atoms with Crippen LogP contribution < -0.4 is 5.73 Å². The minimum atomic E-state index is -0.610. The van der Waals surface area contributed by atoms with Gasteiger partial charge in [-0.2, -0.15) is 5.10 Å². The monoisotopic (exact) mass is 405 g/mol. The molecule has 0 amide bonds.